The van der Waals surface area contributed by atoms with Crippen molar-refractivity contribution in [2.24, 2.45) is 29.6 Å². The summed E-state index contributed by atoms with van der Waals surface area (Å²) in [7, 11) is 0. The van der Waals surface area contributed by atoms with Gasteiger partial charge in [0.25, 0.3) is 0 Å². The highest BCUT2D eigenvalue weighted by Crippen LogP contribution is 2.69. The van der Waals surface area contributed by atoms with Gasteiger partial charge in [-0.3, -0.25) is 4.79 Å². The van der Waals surface area contributed by atoms with Gasteiger partial charge >= 0.3 is 5.97 Å². The van der Waals surface area contributed by atoms with E-state index in [9.17, 15) is 4.79 Å². The Bertz CT molecular complexity index is 245. The van der Waals surface area contributed by atoms with E-state index in [1.165, 1.54) is 19.3 Å². The molecule has 4 atom stereocenters. The fourth-order valence-electron chi connectivity index (χ4n) is 3.94. The Morgan fingerprint density at radius 1 is 1.29 bits per heavy atom. The van der Waals surface area contributed by atoms with E-state index in [0.29, 0.717) is 12.5 Å². The minimum Gasteiger partial charge on any atom is -0.465 e. The normalized spacial score (nSPS) is 47.6. The van der Waals surface area contributed by atoms with Crippen LogP contribution >= 0.6 is 0 Å². The number of fused-ring (bicyclic) bond motifs is 5. The molecule has 2 bridgehead atoms. The van der Waals surface area contributed by atoms with Gasteiger partial charge in [0.1, 0.15) is 0 Å². The van der Waals surface area contributed by atoms with Gasteiger partial charge in [-0.1, -0.05) is 6.92 Å². The molecule has 0 N–H and O–H groups in total. The fraction of sp³-hybridized carbons (Fsp3) is 0.917. The second kappa shape index (κ2) is 2.98. The monoisotopic (exact) mass is 194 g/mol. The van der Waals surface area contributed by atoms with Crippen LogP contribution in [0.1, 0.15) is 32.6 Å². The molecule has 0 aliphatic heterocycles. The van der Waals surface area contributed by atoms with Crippen LogP contribution in [0.15, 0.2) is 0 Å². The standard InChI is InChI=1S/C12H18O2/c1-2-5-14-12(13)11-9-7-3-4-8(6-7)10(9)11/h7-11H,2-6H2,1H3. The molecule has 3 saturated carbocycles. The highest BCUT2D eigenvalue weighted by Gasteiger charge is 2.68. The van der Waals surface area contributed by atoms with Gasteiger partial charge in [-0.25, -0.2) is 0 Å². The highest BCUT2D eigenvalue weighted by molar-refractivity contribution is 5.77. The van der Waals surface area contributed by atoms with Crippen molar-refractivity contribution in [2.75, 3.05) is 6.61 Å². The minimum absolute atomic E-state index is 0.110. The van der Waals surface area contributed by atoms with Crippen molar-refractivity contribution in [1.82, 2.24) is 0 Å². The first-order valence-electron chi connectivity index (χ1n) is 5.99. The maximum atomic E-state index is 11.7. The van der Waals surface area contributed by atoms with E-state index in [1.54, 1.807) is 0 Å². The van der Waals surface area contributed by atoms with Crippen LogP contribution < -0.4 is 0 Å². The van der Waals surface area contributed by atoms with Gasteiger partial charge in [-0.05, 0) is 49.4 Å². The third-order valence-electron chi connectivity index (χ3n) is 4.46. The average molecular weight is 194 g/mol. The highest BCUT2D eigenvalue weighted by atomic mass is 16.5. The maximum Gasteiger partial charge on any atom is 0.309 e. The van der Waals surface area contributed by atoms with E-state index < -0.39 is 0 Å². The zero-order valence-electron chi connectivity index (χ0n) is 8.74. The zero-order valence-corrected chi connectivity index (χ0v) is 8.74. The van der Waals surface area contributed by atoms with Gasteiger partial charge in [0.15, 0.2) is 0 Å². The van der Waals surface area contributed by atoms with E-state index in [4.69, 9.17) is 4.74 Å². The number of carbonyl (C=O) groups is 1. The summed E-state index contributed by atoms with van der Waals surface area (Å²) < 4.78 is 5.24. The van der Waals surface area contributed by atoms with Crippen molar-refractivity contribution in [3.05, 3.63) is 0 Å². The Labute approximate surface area is 85.0 Å². The smallest absolute Gasteiger partial charge is 0.309 e. The number of esters is 1. The lowest BCUT2D eigenvalue weighted by atomic mass is 10.0. The summed E-state index contributed by atoms with van der Waals surface area (Å²) in [6, 6.07) is 0. The summed E-state index contributed by atoms with van der Waals surface area (Å²) in [5.41, 5.74) is 0. The average Bonchev–Trinajstić information content (AvgIpc) is 2.64. The number of carbonyl (C=O) groups excluding carboxylic acids is 1. The molecule has 0 aromatic carbocycles. The van der Waals surface area contributed by atoms with Crippen LogP contribution in [0.3, 0.4) is 0 Å². The molecule has 0 spiro atoms. The molecule has 3 aliphatic rings. The molecule has 2 nitrogen and oxygen atoms in total. The van der Waals surface area contributed by atoms with Crippen LogP contribution in [0.25, 0.3) is 0 Å². The molecule has 3 rings (SSSR count). The number of ether oxygens (including phenoxy) is 1. The second-order valence-corrected chi connectivity index (χ2v) is 5.18. The Kier molecular flexibility index (Phi) is 1.86. The summed E-state index contributed by atoms with van der Waals surface area (Å²) in [6.07, 6.45) is 5.11. The van der Waals surface area contributed by atoms with Crippen LogP contribution in [-0.2, 0) is 9.53 Å². The van der Waals surface area contributed by atoms with E-state index in [1.807, 2.05) is 6.92 Å². The van der Waals surface area contributed by atoms with Gasteiger partial charge in [-0.15, -0.1) is 0 Å². The Hall–Kier alpha value is -0.530. The van der Waals surface area contributed by atoms with Crippen molar-refractivity contribution < 1.29 is 9.53 Å². The lowest BCUT2D eigenvalue weighted by Gasteiger charge is -2.07. The summed E-state index contributed by atoms with van der Waals surface area (Å²) in [5.74, 6) is 3.65. The molecule has 0 saturated heterocycles. The van der Waals surface area contributed by atoms with Gasteiger partial charge in [0.2, 0.25) is 0 Å². The van der Waals surface area contributed by atoms with E-state index in [0.717, 1.165) is 30.1 Å². The third kappa shape index (κ3) is 1.06. The Balaban J connectivity index is 1.60. The first-order valence-corrected chi connectivity index (χ1v) is 5.99. The van der Waals surface area contributed by atoms with Crippen LogP contribution in [-0.4, -0.2) is 12.6 Å². The topological polar surface area (TPSA) is 26.3 Å². The summed E-state index contributed by atoms with van der Waals surface area (Å²) in [5, 5.41) is 0. The first kappa shape index (κ1) is 8.75. The molecule has 78 valence electrons. The van der Waals surface area contributed by atoms with Crippen molar-refractivity contribution in [1.29, 1.82) is 0 Å². The van der Waals surface area contributed by atoms with Gasteiger partial charge < -0.3 is 4.74 Å². The Morgan fingerprint density at radius 2 is 1.93 bits per heavy atom. The van der Waals surface area contributed by atoms with E-state index in [-0.39, 0.29) is 5.97 Å². The molecule has 3 aliphatic carbocycles. The van der Waals surface area contributed by atoms with Crippen LogP contribution in [0, 0.1) is 29.6 Å². The lowest BCUT2D eigenvalue weighted by molar-refractivity contribution is -0.146. The maximum absolute atomic E-state index is 11.7. The minimum atomic E-state index is 0.110. The molecule has 0 aromatic heterocycles. The molecule has 0 amide bonds. The molecule has 4 unspecified atom stereocenters. The molecule has 14 heavy (non-hydrogen) atoms. The summed E-state index contributed by atoms with van der Waals surface area (Å²) >= 11 is 0. The third-order valence-corrected chi connectivity index (χ3v) is 4.46. The second-order valence-electron chi connectivity index (χ2n) is 5.18. The van der Waals surface area contributed by atoms with E-state index >= 15 is 0 Å². The van der Waals surface area contributed by atoms with Crippen molar-refractivity contribution in [3.8, 4) is 0 Å². The summed E-state index contributed by atoms with van der Waals surface area (Å²) in [4.78, 5) is 11.7. The van der Waals surface area contributed by atoms with Gasteiger partial charge in [0.05, 0.1) is 12.5 Å². The summed E-state index contributed by atoms with van der Waals surface area (Å²) in [6.45, 7) is 2.66. The van der Waals surface area contributed by atoms with Crippen LogP contribution in [0.5, 0.6) is 0 Å². The van der Waals surface area contributed by atoms with Gasteiger partial charge in [0, 0.05) is 0 Å². The predicted octanol–water partition coefficient (Wildman–Crippen LogP) is 2.23. The van der Waals surface area contributed by atoms with Crippen LogP contribution in [0.4, 0.5) is 0 Å². The predicted molar refractivity (Wildman–Crippen MR) is 52.6 cm³/mol. The molecule has 0 heterocycles. The largest absolute Gasteiger partial charge is 0.465 e. The van der Waals surface area contributed by atoms with Crippen molar-refractivity contribution >= 4 is 5.97 Å². The van der Waals surface area contributed by atoms with Gasteiger partial charge in [-0.2, -0.15) is 0 Å². The van der Waals surface area contributed by atoms with Crippen molar-refractivity contribution in [3.63, 3.8) is 0 Å². The SMILES string of the molecule is CCCOC(=O)C1C2C3CCC(C3)C12. The number of hydrogen-bond acceptors (Lipinski definition) is 2. The molecule has 0 aromatic rings. The first-order chi connectivity index (χ1) is 6.83. The molecule has 3 fully saturated rings. The zero-order chi connectivity index (χ0) is 9.71. The van der Waals surface area contributed by atoms with Crippen molar-refractivity contribution in [2.45, 2.75) is 32.6 Å². The molecular formula is C12H18O2. The molecular weight excluding hydrogens is 176 g/mol. The lowest BCUT2D eigenvalue weighted by Crippen LogP contribution is -2.13. The quantitative estimate of drug-likeness (QED) is 0.644. The Morgan fingerprint density at radius 3 is 2.50 bits per heavy atom. The van der Waals surface area contributed by atoms with E-state index in [2.05, 4.69) is 0 Å². The molecule has 2 heteroatoms. The molecule has 0 radical (unpaired) electrons. The number of rotatable bonds is 3. The van der Waals surface area contributed by atoms with Crippen LogP contribution in [0.2, 0.25) is 0 Å². The number of hydrogen-bond donors (Lipinski definition) is 0. The fourth-order valence-corrected chi connectivity index (χ4v) is 3.94.